The topological polar surface area (TPSA) is 66.6 Å². The number of hydrogen-bond acceptors (Lipinski definition) is 3. The molecule has 122 valence electrons. The van der Waals surface area contributed by atoms with Crippen LogP contribution in [0.4, 0.5) is 0 Å². The molecule has 0 aromatic carbocycles. The van der Waals surface area contributed by atoms with Gasteiger partial charge in [0, 0.05) is 25.0 Å². The van der Waals surface area contributed by atoms with Gasteiger partial charge in [-0.15, -0.1) is 0 Å². The van der Waals surface area contributed by atoms with Crippen LogP contribution in [0.5, 0.6) is 0 Å². The Morgan fingerprint density at radius 3 is 2.33 bits per heavy atom. The molecular formula is C17H32N2O2. The predicted octanol–water partition coefficient (Wildman–Crippen LogP) is 2.44. The fourth-order valence-electron chi connectivity index (χ4n) is 3.96. The number of hydrogen-bond donors (Lipinski definition) is 2. The van der Waals surface area contributed by atoms with E-state index < -0.39 is 0 Å². The highest BCUT2D eigenvalue weighted by Crippen LogP contribution is 2.28. The maximum atomic E-state index is 12.5. The number of carbonyl (C=O) groups excluding carboxylic acids is 1. The summed E-state index contributed by atoms with van der Waals surface area (Å²) in [6, 6.07) is 0.753. The molecule has 0 aliphatic heterocycles. The van der Waals surface area contributed by atoms with E-state index in [2.05, 4.69) is 0 Å². The summed E-state index contributed by atoms with van der Waals surface area (Å²) in [4.78, 5) is 14.5. The molecule has 3 N–H and O–H groups in total. The number of carbonyl (C=O) groups is 1. The first-order valence-corrected chi connectivity index (χ1v) is 8.86. The Balaban J connectivity index is 1.77. The Kier molecular flexibility index (Phi) is 6.97. The van der Waals surface area contributed by atoms with Crippen LogP contribution in [0.25, 0.3) is 0 Å². The molecule has 0 unspecified atom stereocenters. The van der Waals surface area contributed by atoms with Crippen LogP contribution in [0.1, 0.15) is 70.6 Å². The van der Waals surface area contributed by atoms with E-state index in [-0.39, 0.29) is 12.5 Å². The minimum absolute atomic E-state index is 0.0839. The van der Waals surface area contributed by atoms with E-state index in [9.17, 15) is 9.90 Å². The molecule has 2 rings (SSSR count). The Morgan fingerprint density at radius 1 is 1.05 bits per heavy atom. The number of rotatable bonds is 6. The molecule has 2 aliphatic carbocycles. The van der Waals surface area contributed by atoms with E-state index in [1.54, 1.807) is 0 Å². The molecule has 21 heavy (non-hydrogen) atoms. The normalized spacial score (nSPS) is 27.5. The molecule has 4 nitrogen and oxygen atoms in total. The standard InChI is InChI=1S/C17H32N2O2/c18-15-9-6-14(7-10-15)8-11-17(21)19(12-13-20)16-4-2-1-3-5-16/h14-16,20H,1-13,18H2. The highest BCUT2D eigenvalue weighted by Gasteiger charge is 2.26. The summed E-state index contributed by atoms with van der Waals surface area (Å²) in [6.07, 6.45) is 12.2. The smallest absolute Gasteiger partial charge is 0.222 e. The molecule has 2 saturated carbocycles. The van der Waals surface area contributed by atoms with Gasteiger partial charge in [-0.3, -0.25) is 4.79 Å². The lowest BCUT2D eigenvalue weighted by atomic mass is 9.83. The van der Waals surface area contributed by atoms with Gasteiger partial charge >= 0.3 is 0 Å². The van der Waals surface area contributed by atoms with Crippen LogP contribution in [-0.4, -0.2) is 41.1 Å². The van der Waals surface area contributed by atoms with Gasteiger partial charge in [-0.1, -0.05) is 19.3 Å². The minimum Gasteiger partial charge on any atom is -0.395 e. The van der Waals surface area contributed by atoms with E-state index in [1.165, 1.54) is 32.1 Å². The molecule has 0 atom stereocenters. The van der Waals surface area contributed by atoms with Gasteiger partial charge in [-0.25, -0.2) is 0 Å². The van der Waals surface area contributed by atoms with Gasteiger partial charge in [0.1, 0.15) is 0 Å². The van der Waals surface area contributed by atoms with Gasteiger partial charge in [0.05, 0.1) is 6.61 Å². The maximum Gasteiger partial charge on any atom is 0.222 e. The highest BCUT2D eigenvalue weighted by molar-refractivity contribution is 5.76. The lowest BCUT2D eigenvalue weighted by Crippen LogP contribution is -2.43. The van der Waals surface area contributed by atoms with Crippen LogP contribution >= 0.6 is 0 Å². The monoisotopic (exact) mass is 296 g/mol. The average molecular weight is 296 g/mol. The summed E-state index contributed by atoms with van der Waals surface area (Å²) in [7, 11) is 0. The zero-order valence-corrected chi connectivity index (χ0v) is 13.3. The fraction of sp³-hybridized carbons (Fsp3) is 0.941. The van der Waals surface area contributed by atoms with Crippen molar-refractivity contribution in [3.63, 3.8) is 0 Å². The van der Waals surface area contributed by atoms with Crippen molar-refractivity contribution in [2.45, 2.75) is 82.7 Å². The SMILES string of the molecule is NC1CCC(CCC(=O)N(CCO)C2CCCCC2)CC1. The van der Waals surface area contributed by atoms with Crippen molar-refractivity contribution in [1.82, 2.24) is 4.90 Å². The van der Waals surface area contributed by atoms with Crippen molar-refractivity contribution in [2.75, 3.05) is 13.2 Å². The third-order valence-electron chi connectivity index (χ3n) is 5.33. The zero-order chi connectivity index (χ0) is 15.1. The van der Waals surface area contributed by atoms with Crippen molar-refractivity contribution < 1.29 is 9.90 Å². The molecule has 2 fully saturated rings. The summed E-state index contributed by atoms with van der Waals surface area (Å²) >= 11 is 0. The van der Waals surface area contributed by atoms with Crippen molar-refractivity contribution in [2.24, 2.45) is 11.7 Å². The van der Waals surface area contributed by atoms with Crippen LogP contribution in [-0.2, 0) is 4.79 Å². The fourth-order valence-corrected chi connectivity index (χ4v) is 3.96. The van der Waals surface area contributed by atoms with Gasteiger partial charge in [0.2, 0.25) is 5.91 Å². The van der Waals surface area contributed by atoms with E-state index >= 15 is 0 Å². The van der Waals surface area contributed by atoms with Gasteiger partial charge in [0.15, 0.2) is 0 Å². The molecule has 0 heterocycles. The summed E-state index contributed by atoms with van der Waals surface area (Å²) in [5, 5.41) is 9.25. The van der Waals surface area contributed by atoms with Crippen LogP contribution in [0.15, 0.2) is 0 Å². The molecule has 0 radical (unpaired) electrons. The molecule has 0 spiro atoms. The molecule has 0 aromatic rings. The predicted molar refractivity (Wildman–Crippen MR) is 84.8 cm³/mol. The number of aliphatic hydroxyl groups excluding tert-OH is 1. The van der Waals surface area contributed by atoms with Crippen LogP contribution in [0.2, 0.25) is 0 Å². The van der Waals surface area contributed by atoms with Crippen molar-refractivity contribution in [3.05, 3.63) is 0 Å². The number of nitrogens with two attached hydrogens (primary N) is 1. The molecule has 0 saturated heterocycles. The third kappa shape index (κ3) is 5.26. The molecule has 1 amide bonds. The van der Waals surface area contributed by atoms with E-state index in [4.69, 9.17) is 5.73 Å². The lowest BCUT2D eigenvalue weighted by molar-refractivity contribution is -0.135. The highest BCUT2D eigenvalue weighted by atomic mass is 16.3. The summed E-state index contributed by atoms with van der Waals surface area (Å²) in [5.74, 6) is 0.932. The first-order chi connectivity index (χ1) is 10.2. The van der Waals surface area contributed by atoms with Gasteiger partial charge in [0.25, 0.3) is 0 Å². The van der Waals surface area contributed by atoms with Crippen molar-refractivity contribution in [1.29, 1.82) is 0 Å². The van der Waals surface area contributed by atoms with Gasteiger partial charge in [-0.2, -0.15) is 0 Å². The molecule has 2 aliphatic rings. The first kappa shape index (κ1) is 16.8. The summed E-state index contributed by atoms with van der Waals surface area (Å²) in [5.41, 5.74) is 5.94. The van der Waals surface area contributed by atoms with Gasteiger partial charge in [-0.05, 0) is 50.9 Å². The summed E-state index contributed by atoms with van der Waals surface area (Å²) < 4.78 is 0. The Bertz CT molecular complexity index is 308. The second-order valence-electron chi connectivity index (χ2n) is 6.92. The Hall–Kier alpha value is -0.610. The molecule has 0 bridgehead atoms. The average Bonchev–Trinajstić information content (AvgIpc) is 2.52. The first-order valence-electron chi connectivity index (χ1n) is 8.86. The van der Waals surface area contributed by atoms with Crippen molar-refractivity contribution in [3.8, 4) is 0 Å². The van der Waals surface area contributed by atoms with E-state index in [0.717, 1.165) is 32.1 Å². The largest absolute Gasteiger partial charge is 0.395 e. The molecular weight excluding hydrogens is 264 g/mol. The maximum absolute atomic E-state index is 12.5. The number of aliphatic hydroxyl groups is 1. The second kappa shape index (κ2) is 8.74. The Morgan fingerprint density at radius 2 is 1.71 bits per heavy atom. The molecule has 0 aromatic heterocycles. The quantitative estimate of drug-likeness (QED) is 0.791. The number of nitrogens with zero attached hydrogens (tertiary/aromatic N) is 1. The lowest BCUT2D eigenvalue weighted by Gasteiger charge is -2.34. The van der Waals surface area contributed by atoms with E-state index in [0.29, 0.717) is 31.0 Å². The zero-order valence-electron chi connectivity index (χ0n) is 13.3. The minimum atomic E-state index is 0.0839. The second-order valence-corrected chi connectivity index (χ2v) is 6.92. The third-order valence-corrected chi connectivity index (χ3v) is 5.33. The van der Waals surface area contributed by atoms with Crippen LogP contribution in [0.3, 0.4) is 0 Å². The van der Waals surface area contributed by atoms with Crippen molar-refractivity contribution >= 4 is 5.91 Å². The van der Waals surface area contributed by atoms with Crippen LogP contribution in [0, 0.1) is 5.92 Å². The van der Waals surface area contributed by atoms with E-state index in [1.807, 2.05) is 4.90 Å². The Labute approximate surface area is 129 Å². The number of amides is 1. The summed E-state index contributed by atoms with van der Waals surface area (Å²) in [6.45, 7) is 0.597. The van der Waals surface area contributed by atoms with Gasteiger partial charge < -0.3 is 15.7 Å². The van der Waals surface area contributed by atoms with Crippen LogP contribution < -0.4 is 5.73 Å². The molecule has 4 heteroatoms.